The van der Waals surface area contributed by atoms with Crippen molar-refractivity contribution in [1.29, 1.82) is 0 Å². The number of nitrogens with two attached hydrogens (primary N) is 2. The zero-order chi connectivity index (χ0) is 9.97. The highest BCUT2D eigenvalue weighted by molar-refractivity contribution is 5.16. The van der Waals surface area contributed by atoms with Crippen LogP contribution in [-0.4, -0.2) is 46.0 Å². The van der Waals surface area contributed by atoms with Gasteiger partial charge in [0.05, 0.1) is 6.54 Å². The minimum Gasteiger partial charge on any atom is -0.366 e. The first kappa shape index (κ1) is 9.22. The molecule has 1 aromatic heterocycles. The van der Waals surface area contributed by atoms with Gasteiger partial charge in [0.25, 0.3) is 0 Å². The maximum Gasteiger partial charge on any atom is 0.240 e. The second kappa shape index (κ2) is 3.81. The molecule has 1 aliphatic rings. The quantitative estimate of drug-likeness (QED) is 0.473. The zero-order valence-electron chi connectivity index (χ0n) is 7.98. The van der Waals surface area contributed by atoms with E-state index >= 15 is 0 Å². The summed E-state index contributed by atoms with van der Waals surface area (Å²) in [7, 11) is 0. The Bertz CT molecular complexity index is 301. The van der Waals surface area contributed by atoms with E-state index in [1.165, 1.54) is 4.68 Å². The number of nitrogens with one attached hydrogen (secondary N) is 1. The molecule has 1 fully saturated rings. The van der Waals surface area contributed by atoms with Gasteiger partial charge >= 0.3 is 0 Å². The van der Waals surface area contributed by atoms with Crippen LogP contribution in [0.2, 0.25) is 0 Å². The summed E-state index contributed by atoms with van der Waals surface area (Å²) in [5.74, 6) is 6.62. The van der Waals surface area contributed by atoms with Gasteiger partial charge in [-0.05, 0) is 0 Å². The van der Waals surface area contributed by atoms with Crippen molar-refractivity contribution in [2.24, 2.45) is 0 Å². The van der Waals surface area contributed by atoms with Gasteiger partial charge in [-0.15, -0.1) is 10.2 Å². The molecule has 0 amide bonds. The predicted octanol–water partition coefficient (Wildman–Crippen LogP) is -2.02. The van der Waals surface area contributed by atoms with Gasteiger partial charge in [0.2, 0.25) is 5.95 Å². The fourth-order valence-electron chi connectivity index (χ4n) is 1.51. The largest absolute Gasteiger partial charge is 0.366 e. The Hall–Kier alpha value is -1.34. The van der Waals surface area contributed by atoms with Crippen LogP contribution in [0.5, 0.6) is 0 Å². The molecule has 2 heterocycles. The number of nitrogens with zero attached hydrogens (tertiary/aromatic N) is 4. The van der Waals surface area contributed by atoms with Crippen molar-refractivity contribution in [2.75, 3.05) is 37.8 Å². The molecule has 0 saturated carbocycles. The number of hydrogen-bond donors (Lipinski definition) is 3. The van der Waals surface area contributed by atoms with Crippen LogP contribution in [0.3, 0.4) is 0 Å². The maximum absolute atomic E-state index is 5.64. The number of anilines is 1. The van der Waals surface area contributed by atoms with E-state index in [0.29, 0.717) is 12.4 Å². The standard InChI is InChI=1S/C7H15N7/c8-7-12-11-6(14(7)9)5-13-3-1-10-2-4-13/h10H,1-5,9H2,(H2,8,12). The Kier molecular flexibility index (Phi) is 2.51. The molecule has 7 heteroatoms. The van der Waals surface area contributed by atoms with Crippen LogP contribution < -0.4 is 16.9 Å². The van der Waals surface area contributed by atoms with Crippen LogP contribution >= 0.6 is 0 Å². The van der Waals surface area contributed by atoms with Crippen LogP contribution in [0.15, 0.2) is 0 Å². The monoisotopic (exact) mass is 197 g/mol. The van der Waals surface area contributed by atoms with E-state index in [-0.39, 0.29) is 5.95 Å². The van der Waals surface area contributed by atoms with Crippen molar-refractivity contribution < 1.29 is 0 Å². The highest BCUT2D eigenvalue weighted by Crippen LogP contribution is 2.03. The molecule has 0 atom stereocenters. The lowest BCUT2D eigenvalue weighted by Crippen LogP contribution is -2.43. The zero-order valence-corrected chi connectivity index (χ0v) is 7.98. The highest BCUT2D eigenvalue weighted by Gasteiger charge is 2.14. The molecule has 0 aromatic carbocycles. The molecule has 1 aromatic rings. The minimum absolute atomic E-state index is 0.259. The van der Waals surface area contributed by atoms with Crippen molar-refractivity contribution >= 4 is 5.95 Å². The lowest BCUT2D eigenvalue weighted by Gasteiger charge is -2.26. The third-order valence-electron chi connectivity index (χ3n) is 2.37. The van der Waals surface area contributed by atoms with Crippen molar-refractivity contribution in [3.63, 3.8) is 0 Å². The van der Waals surface area contributed by atoms with E-state index in [4.69, 9.17) is 11.6 Å². The molecule has 0 bridgehead atoms. The number of aromatic nitrogens is 3. The first-order valence-corrected chi connectivity index (χ1v) is 4.65. The van der Waals surface area contributed by atoms with Gasteiger partial charge in [-0.25, -0.2) is 4.68 Å². The second-order valence-electron chi connectivity index (χ2n) is 3.37. The molecule has 0 spiro atoms. The van der Waals surface area contributed by atoms with Gasteiger partial charge < -0.3 is 16.9 Å². The maximum atomic E-state index is 5.64. The van der Waals surface area contributed by atoms with Crippen LogP contribution in [-0.2, 0) is 6.54 Å². The fraction of sp³-hybridized carbons (Fsp3) is 0.714. The summed E-state index contributed by atoms with van der Waals surface area (Å²) in [5, 5.41) is 10.9. The van der Waals surface area contributed by atoms with Crippen molar-refractivity contribution in [3.8, 4) is 0 Å². The Morgan fingerprint density at radius 2 is 2.00 bits per heavy atom. The van der Waals surface area contributed by atoms with E-state index in [9.17, 15) is 0 Å². The third kappa shape index (κ3) is 1.78. The Morgan fingerprint density at radius 3 is 2.57 bits per heavy atom. The summed E-state index contributed by atoms with van der Waals surface area (Å²) in [6.45, 7) is 4.74. The number of hydrogen-bond acceptors (Lipinski definition) is 6. The van der Waals surface area contributed by atoms with E-state index in [1.54, 1.807) is 0 Å². The van der Waals surface area contributed by atoms with E-state index in [2.05, 4.69) is 20.4 Å². The van der Waals surface area contributed by atoms with Crippen LogP contribution in [0, 0.1) is 0 Å². The Morgan fingerprint density at radius 1 is 1.29 bits per heavy atom. The highest BCUT2D eigenvalue weighted by atomic mass is 15.5. The average molecular weight is 197 g/mol. The molecule has 0 unspecified atom stereocenters. The SMILES string of the molecule is Nc1nnc(CN2CCNCC2)n1N. The molecular formula is C7H15N7. The van der Waals surface area contributed by atoms with Crippen LogP contribution in [0.4, 0.5) is 5.95 Å². The summed E-state index contributed by atoms with van der Waals surface area (Å²) >= 11 is 0. The number of nitrogen functional groups attached to an aromatic ring is 2. The fourth-order valence-corrected chi connectivity index (χ4v) is 1.51. The van der Waals surface area contributed by atoms with Crippen molar-refractivity contribution in [2.45, 2.75) is 6.54 Å². The van der Waals surface area contributed by atoms with Gasteiger partial charge in [0.1, 0.15) is 0 Å². The summed E-state index contributed by atoms with van der Waals surface area (Å²) in [6, 6.07) is 0. The first-order chi connectivity index (χ1) is 6.77. The second-order valence-corrected chi connectivity index (χ2v) is 3.37. The smallest absolute Gasteiger partial charge is 0.240 e. The Labute approximate surface area is 82.0 Å². The molecule has 7 nitrogen and oxygen atoms in total. The molecule has 0 radical (unpaired) electrons. The molecule has 1 saturated heterocycles. The molecular weight excluding hydrogens is 182 g/mol. The van der Waals surface area contributed by atoms with Gasteiger partial charge in [0, 0.05) is 26.2 Å². The predicted molar refractivity (Wildman–Crippen MR) is 52.7 cm³/mol. The molecule has 1 aliphatic heterocycles. The van der Waals surface area contributed by atoms with Gasteiger partial charge in [-0.1, -0.05) is 0 Å². The van der Waals surface area contributed by atoms with E-state index in [0.717, 1.165) is 26.2 Å². The van der Waals surface area contributed by atoms with Crippen molar-refractivity contribution in [1.82, 2.24) is 25.1 Å². The molecule has 0 aliphatic carbocycles. The van der Waals surface area contributed by atoms with Crippen LogP contribution in [0.25, 0.3) is 0 Å². The van der Waals surface area contributed by atoms with Gasteiger partial charge in [-0.2, -0.15) is 0 Å². The summed E-state index contributed by atoms with van der Waals surface area (Å²) < 4.78 is 1.34. The molecule has 14 heavy (non-hydrogen) atoms. The van der Waals surface area contributed by atoms with Gasteiger partial charge in [-0.3, -0.25) is 4.90 Å². The van der Waals surface area contributed by atoms with E-state index in [1.807, 2.05) is 0 Å². The molecule has 5 N–H and O–H groups in total. The van der Waals surface area contributed by atoms with Gasteiger partial charge in [0.15, 0.2) is 5.82 Å². The first-order valence-electron chi connectivity index (χ1n) is 4.65. The molecule has 78 valence electrons. The van der Waals surface area contributed by atoms with Crippen molar-refractivity contribution in [3.05, 3.63) is 5.82 Å². The number of rotatable bonds is 2. The Balaban J connectivity index is 1.99. The normalized spacial score (nSPS) is 18.6. The average Bonchev–Trinajstić information content (AvgIpc) is 2.52. The summed E-state index contributed by atoms with van der Waals surface area (Å²) in [4.78, 5) is 2.27. The minimum atomic E-state index is 0.259. The molecule has 2 rings (SSSR count). The lowest BCUT2D eigenvalue weighted by atomic mass is 10.3. The van der Waals surface area contributed by atoms with E-state index < -0.39 is 0 Å². The third-order valence-corrected chi connectivity index (χ3v) is 2.37. The summed E-state index contributed by atoms with van der Waals surface area (Å²) in [5.41, 5.74) is 5.48. The number of piperazine rings is 1. The summed E-state index contributed by atoms with van der Waals surface area (Å²) in [6.07, 6.45) is 0. The van der Waals surface area contributed by atoms with Crippen LogP contribution in [0.1, 0.15) is 5.82 Å². The topological polar surface area (TPSA) is 98.0 Å². The lowest BCUT2D eigenvalue weighted by molar-refractivity contribution is 0.226.